The number of hydrogen-bond donors (Lipinski definition) is 1. The van der Waals surface area contributed by atoms with E-state index in [1.807, 2.05) is 32.2 Å². The zero-order valence-corrected chi connectivity index (χ0v) is 13.6. The number of aromatic nitrogens is 2. The summed E-state index contributed by atoms with van der Waals surface area (Å²) in [6, 6.07) is 9.19. The Balaban J connectivity index is 2.26. The lowest BCUT2D eigenvalue weighted by atomic mass is 10.00. The Morgan fingerprint density at radius 1 is 1.12 bits per heavy atom. The molecule has 4 rings (SSSR count). The molecule has 0 fully saturated rings. The summed E-state index contributed by atoms with van der Waals surface area (Å²) in [6.45, 7) is 2.03. The molecule has 120 valence electrons. The number of nitrogens with zero attached hydrogens (tertiary/aromatic N) is 2. The Morgan fingerprint density at radius 3 is 2.67 bits per heavy atom. The largest absolute Gasteiger partial charge is 0.508 e. The first-order valence-electron chi connectivity index (χ1n) is 7.60. The summed E-state index contributed by atoms with van der Waals surface area (Å²) in [4.78, 5) is 16.3. The third-order valence-electron chi connectivity index (χ3n) is 4.64. The van der Waals surface area contributed by atoms with E-state index in [0.29, 0.717) is 5.69 Å². The van der Waals surface area contributed by atoms with Gasteiger partial charge in [-0.25, -0.2) is 9.78 Å². The van der Waals surface area contributed by atoms with Crippen molar-refractivity contribution in [1.82, 2.24) is 9.55 Å². The van der Waals surface area contributed by atoms with Crippen molar-refractivity contribution in [3.05, 3.63) is 47.8 Å². The van der Waals surface area contributed by atoms with E-state index in [1.165, 1.54) is 7.11 Å². The van der Waals surface area contributed by atoms with Crippen LogP contribution in [0.4, 0.5) is 0 Å². The summed E-state index contributed by atoms with van der Waals surface area (Å²) in [5, 5.41) is 13.5. The van der Waals surface area contributed by atoms with Crippen LogP contribution in [0.5, 0.6) is 5.75 Å². The van der Waals surface area contributed by atoms with Crippen LogP contribution < -0.4 is 0 Å². The second-order valence-electron chi connectivity index (χ2n) is 5.90. The van der Waals surface area contributed by atoms with Gasteiger partial charge in [-0.1, -0.05) is 0 Å². The molecule has 24 heavy (non-hydrogen) atoms. The zero-order valence-electron chi connectivity index (χ0n) is 13.6. The number of esters is 1. The standard InChI is InChI=1S/C19H16N2O3/c1-10-12-6-7-20-17(19(23)24-3)14(12)9-15-13-8-11(22)4-5-16(13)21(2)18(10)15/h4-9,22H,1-3H3. The molecule has 2 aromatic carbocycles. The van der Waals surface area contributed by atoms with Crippen molar-refractivity contribution >= 4 is 38.5 Å². The molecule has 2 aromatic heterocycles. The minimum absolute atomic E-state index is 0.215. The van der Waals surface area contributed by atoms with Gasteiger partial charge in [0.1, 0.15) is 5.75 Å². The average Bonchev–Trinajstić information content (AvgIpc) is 2.86. The quantitative estimate of drug-likeness (QED) is 0.543. The van der Waals surface area contributed by atoms with Gasteiger partial charge in [0.25, 0.3) is 0 Å². The van der Waals surface area contributed by atoms with Gasteiger partial charge < -0.3 is 14.4 Å². The summed E-state index contributed by atoms with van der Waals surface area (Å²) in [5.74, 6) is -0.241. The summed E-state index contributed by atoms with van der Waals surface area (Å²) < 4.78 is 6.97. The van der Waals surface area contributed by atoms with Crippen LogP contribution in [0.2, 0.25) is 0 Å². The number of pyridine rings is 1. The maximum Gasteiger partial charge on any atom is 0.357 e. The van der Waals surface area contributed by atoms with Crippen LogP contribution in [0.15, 0.2) is 36.5 Å². The van der Waals surface area contributed by atoms with Gasteiger partial charge in [0.15, 0.2) is 5.69 Å². The number of phenols is 1. The fourth-order valence-corrected chi connectivity index (χ4v) is 3.54. The molecule has 0 amide bonds. The Kier molecular flexibility index (Phi) is 3.00. The van der Waals surface area contributed by atoms with E-state index < -0.39 is 5.97 Å². The predicted molar refractivity (Wildman–Crippen MR) is 93.5 cm³/mol. The molecule has 0 spiro atoms. The highest BCUT2D eigenvalue weighted by molar-refractivity contribution is 6.17. The monoisotopic (exact) mass is 320 g/mol. The van der Waals surface area contributed by atoms with Crippen LogP contribution >= 0.6 is 0 Å². The van der Waals surface area contributed by atoms with Crippen molar-refractivity contribution in [3.63, 3.8) is 0 Å². The number of aromatic hydroxyl groups is 1. The van der Waals surface area contributed by atoms with Crippen molar-refractivity contribution in [3.8, 4) is 5.75 Å². The summed E-state index contributed by atoms with van der Waals surface area (Å²) in [7, 11) is 3.35. The highest BCUT2D eigenvalue weighted by Crippen LogP contribution is 2.36. The molecular formula is C19H16N2O3. The SMILES string of the molecule is COC(=O)c1nccc2c(C)c3c(cc12)c1cc(O)ccc1n3C. The summed E-state index contributed by atoms with van der Waals surface area (Å²) in [6.07, 6.45) is 1.63. The van der Waals surface area contributed by atoms with E-state index in [0.717, 1.165) is 38.1 Å². The fraction of sp³-hybridized carbons (Fsp3) is 0.158. The van der Waals surface area contributed by atoms with E-state index in [9.17, 15) is 9.90 Å². The van der Waals surface area contributed by atoms with Crippen molar-refractivity contribution in [2.45, 2.75) is 6.92 Å². The highest BCUT2D eigenvalue weighted by Gasteiger charge is 2.18. The number of benzene rings is 2. The first kappa shape index (κ1) is 14.5. The van der Waals surface area contributed by atoms with Crippen LogP contribution in [0.25, 0.3) is 32.6 Å². The molecule has 2 heterocycles. The van der Waals surface area contributed by atoms with Gasteiger partial charge in [-0.2, -0.15) is 0 Å². The van der Waals surface area contributed by atoms with Crippen LogP contribution in [0.3, 0.4) is 0 Å². The second-order valence-corrected chi connectivity index (χ2v) is 5.90. The number of rotatable bonds is 1. The van der Waals surface area contributed by atoms with E-state index in [-0.39, 0.29) is 5.75 Å². The first-order valence-corrected chi connectivity index (χ1v) is 7.60. The van der Waals surface area contributed by atoms with Gasteiger partial charge in [0, 0.05) is 34.9 Å². The molecule has 0 saturated heterocycles. The van der Waals surface area contributed by atoms with E-state index in [1.54, 1.807) is 18.3 Å². The topological polar surface area (TPSA) is 64.3 Å². The molecule has 4 aromatic rings. The number of carbonyl (C=O) groups excluding carboxylic acids is 1. The molecule has 0 unspecified atom stereocenters. The lowest BCUT2D eigenvalue weighted by molar-refractivity contribution is 0.0596. The smallest absolute Gasteiger partial charge is 0.357 e. The fourth-order valence-electron chi connectivity index (χ4n) is 3.54. The number of fused-ring (bicyclic) bond motifs is 4. The number of hydrogen-bond acceptors (Lipinski definition) is 4. The molecule has 0 saturated carbocycles. The lowest BCUT2D eigenvalue weighted by Crippen LogP contribution is -2.05. The van der Waals surface area contributed by atoms with E-state index in [2.05, 4.69) is 9.55 Å². The van der Waals surface area contributed by atoms with E-state index in [4.69, 9.17) is 4.74 Å². The average molecular weight is 320 g/mol. The minimum Gasteiger partial charge on any atom is -0.508 e. The molecule has 5 nitrogen and oxygen atoms in total. The van der Waals surface area contributed by atoms with Crippen LogP contribution in [-0.2, 0) is 11.8 Å². The Bertz CT molecular complexity index is 1140. The van der Waals surface area contributed by atoms with Gasteiger partial charge in [-0.3, -0.25) is 0 Å². The Labute approximate surface area is 138 Å². The number of phenolic OH excluding ortho intramolecular Hbond substituents is 1. The molecule has 0 radical (unpaired) electrons. The molecule has 0 bridgehead atoms. The molecule has 0 atom stereocenters. The van der Waals surface area contributed by atoms with Gasteiger partial charge in [-0.15, -0.1) is 0 Å². The third kappa shape index (κ3) is 1.81. The second kappa shape index (κ2) is 4.96. The maximum absolute atomic E-state index is 12.1. The first-order chi connectivity index (χ1) is 11.5. The van der Waals surface area contributed by atoms with Crippen LogP contribution in [-0.4, -0.2) is 27.7 Å². The van der Waals surface area contributed by atoms with Crippen LogP contribution in [0, 0.1) is 6.92 Å². The lowest BCUT2D eigenvalue weighted by Gasteiger charge is -2.09. The van der Waals surface area contributed by atoms with Gasteiger partial charge in [0.05, 0.1) is 12.6 Å². The number of methoxy groups -OCH3 is 1. The number of carbonyl (C=O) groups is 1. The molecule has 0 aliphatic carbocycles. The molecule has 0 aliphatic heterocycles. The van der Waals surface area contributed by atoms with Crippen molar-refractivity contribution in [1.29, 1.82) is 0 Å². The van der Waals surface area contributed by atoms with Gasteiger partial charge in [-0.05, 0) is 48.2 Å². The normalized spacial score (nSPS) is 11.5. The Hall–Kier alpha value is -3.08. The Morgan fingerprint density at radius 2 is 1.92 bits per heavy atom. The highest BCUT2D eigenvalue weighted by atomic mass is 16.5. The summed E-state index contributed by atoms with van der Waals surface area (Å²) >= 11 is 0. The molecule has 1 N–H and O–H groups in total. The van der Waals surface area contributed by atoms with Crippen LogP contribution in [0.1, 0.15) is 16.1 Å². The third-order valence-corrected chi connectivity index (χ3v) is 4.64. The van der Waals surface area contributed by atoms with Crippen molar-refractivity contribution in [2.24, 2.45) is 7.05 Å². The maximum atomic E-state index is 12.1. The number of aryl methyl sites for hydroxylation is 2. The minimum atomic E-state index is -0.456. The molecule has 5 heteroatoms. The molecular weight excluding hydrogens is 304 g/mol. The van der Waals surface area contributed by atoms with E-state index >= 15 is 0 Å². The number of ether oxygens (including phenoxy) is 1. The summed E-state index contributed by atoms with van der Waals surface area (Å²) in [5.41, 5.74) is 3.46. The van der Waals surface area contributed by atoms with Crippen molar-refractivity contribution < 1.29 is 14.6 Å². The molecule has 0 aliphatic rings. The van der Waals surface area contributed by atoms with Gasteiger partial charge >= 0.3 is 5.97 Å². The zero-order chi connectivity index (χ0) is 17.0. The van der Waals surface area contributed by atoms with Crippen molar-refractivity contribution in [2.75, 3.05) is 7.11 Å². The van der Waals surface area contributed by atoms with Gasteiger partial charge in [0.2, 0.25) is 0 Å². The predicted octanol–water partition coefficient (Wildman–Crippen LogP) is 3.68.